The molecule has 0 fully saturated rings. The summed E-state index contributed by atoms with van der Waals surface area (Å²) in [5.74, 6) is -0.719. The Balaban J connectivity index is 2.91. The zero-order valence-electron chi connectivity index (χ0n) is 9.44. The number of methoxy groups -OCH3 is 1. The van der Waals surface area contributed by atoms with Gasteiger partial charge in [0.05, 0.1) is 18.0 Å². The molecular formula is C10H15FN2O3S. The van der Waals surface area contributed by atoms with Gasteiger partial charge in [-0.05, 0) is 12.1 Å². The number of hydrogen-bond donors (Lipinski definition) is 2. The lowest BCUT2D eigenvalue weighted by molar-refractivity contribution is 0.217. The molecule has 1 rings (SSSR count). The van der Waals surface area contributed by atoms with Gasteiger partial charge in [-0.3, -0.25) is 4.72 Å². The van der Waals surface area contributed by atoms with Gasteiger partial charge in [0, 0.05) is 19.2 Å². The van der Waals surface area contributed by atoms with Crippen LogP contribution in [0.1, 0.15) is 5.56 Å². The number of ether oxygens (including phenoxy) is 1. The summed E-state index contributed by atoms with van der Waals surface area (Å²) in [7, 11) is -2.14. The molecule has 7 heteroatoms. The summed E-state index contributed by atoms with van der Waals surface area (Å²) in [6.07, 6.45) is 0. The third kappa shape index (κ3) is 3.95. The van der Waals surface area contributed by atoms with Crippen LogP contribution < -0.4 is 10.5 Å². The Kier molecular flexibility index (Phi) is 4.86. The van der Waals surface area contributed by atoms with Gasteiger partial charge in [0.2, 0.25) is 10.0 Å². The highest BCUT2D eigenvalue weighted by atomic mass is 32.2. The molecule has 1 aromatic carbocycles. The molecule has 0 saturated carbocycles. The average Bonchev–Trinajstić information content (AvgIpc) is 2.26. The minimum Gasteiger partial charge on any atom is -0.384 e. The molecule has 17 heavy (non-hydrogen) atoms. The first-order valence-electron chi connectivity index (χ1n) is 4.97. The number of benzene rings is 1. The number of hydrogen-bond acceptors (Lipinski definition) is 4. The van der Waals surface area contributed by atoms with Crippen molar-refractivity contribution in [3.8, 4) is 0 Å². The van der Waals surface area contributed by atoms with Crippen molar-refractivity contribution in [1.29, 1.82) is 0 Å². The van der Waals surface area contributed by atoms with Crippen LogP contribution in [-0.4, -0.2) is 27.9 Å². The molecular weight excluding hydrogens is 247 g/mol. The highest BCUT2D eigenvalue weighted by Gasteiger charge is 2.14. The van der Waals surface area contributed by atoms with E-state index < -0.39 is 15.8 Å². The first-order valence-corrected chi connectivity index (χ1v) is 6.62. The Morgan fingerprint density at radius 2 is 2.18 bits per heavy atom. The molecule has 0 aliphatic carbocycles. The van der Waals surface area contributed by atoms with E-state index in [1.807, 2.05) is 0 Å². The molecule has 0 heterocycles. The van der Waals surface area contributed by atoms with E-state index in [1.165, 1.54) is 25.3 Å². The van der Waals surface area contributed by atoms with Crippen molar-refractivity contribution in [2.24, 2.45) is 5.73 Å². The summed E-state index contributed by atoms with van der Waals surface area (Å²) in [6.45, 7) is -0.00257. The maximum atomic E-state index is 13.3. The fraction of sp³-hybridized carbons (Fsp3) is 0.400. The van der Waals surface area contributed by atoms with E-state index in [0.29, 0.717) is 0 Å². The Morgan fingerprint density at radius 3 is 2.76 bits per heavy atom. The van der Waals surface area contributed by atoms with Crippen LogP contribution in [-0.2, 0) is 21.3 Å². The predicted molar refractivity (Wildman–Crippen MR) is 63.6 cm³/mol. The molecule has 5 nitrogen and oxygen atoms in total. The number of nitrogens with two attached hydrogens (primary N) is 1. The zero-order valence-corrected chi connectivity index (χ0v) is 10.3. The summed E-state index contributed by atoms with van der Waals surface area (Å²) in [6, 6.07) is 4.12. The summed E-state index contributed by atoms with van der Waals surface area (Å²) in [4.78, 5) is 0. The third-order valence-electron chi connectivity index (χ3n) is 2.14. The molecule has 0 aromatic heterocycles. The second kappa shape index (κ2) is 5.95. The highest BCUT2D eigenvalue weighted by molar-refractivity contribution is 7.92. The highest BCUT2D eigenvalue weighted by Crippen LogP contribution is 2.19. The molecule has 0 amide bonds. The molecule has 0 spiro atoms. The smallest absolute Gasteiger partial charge is 0.235 e. The van der Waals surface area contributed by atoms with Crippen LogP contribution in [0.4, 0.5) is 10.1 Å². The minimum atomic E-state index is -3.54. The number of nitrogens with one attached hydrogen (secondary N) is 1. The Morgan fingerprint density at radius 1 is 1.47 bits per heavy atom. The SMILES string of the molecule is COCCS(=O)(=O)Nc1cccc(F)c1CN. The second-order valence-electron chi connectivity index (χ2n) is 3.38. The van der Waals surface area contributed by atoms with E-state index in [2.05, 4.69) is 9.46 Å². The molecule has 0 aliphatic heterocycles. The molecule has 96 valence electrons. The summed E-state index contributed by atoms with van der Waals surface area (Å²) in [5, 5.41) is 0. The van der Waals surface area contributed by atoms with E-state index in [1.54, 1.807) is 0 Å². The van der Waals surface area contributed by atoms with Gasteiger partial charge in [0.15, 0.2) is 0 Å². The quantitative estimate of drug-likeness (QED) is 0.789. The van der Waals surface area contributed by atoms with Crippen molar-refractivity contribution in [3.05, 3.63) is 29.6 Å². The van der Waals surface area contributed by atoms with Crippen LogP contribution in [0, 0.1) is 5.82 Å². The minimum absolute atomic E-state index is 0.0720. The van der Waals surface area contributed by atoms with E-state index in [0.717, 1.165) is 0 Å². The van der Waals surface area contributed by atoms with Crippen molar-refractivity contribution < 1.29 is 17.5 Å². The largest absolute Gasteiger partial charge is 0.384 e. The zero-order chi connectivity index (χ0) is 12.9. The third-order valence-corrected chi connectivity index (χ3v) is 3.38. The van der Waals surface area contributed by atoms with E-state index in [-0.39, 0.29) is 30.2 Å². The van der Waals surface area contributed by atoms with Crippen LogP contribution >= 0.6 is 0 Å². The van der Waals surface area contributed by atoms with Crippen LogP contribution in [0.25, 0.3) is 0 Å². The lowest BCUT2D eigenvalue weighted by Gasteiger charge is -2.11. The maximum Gasteiger partial charge on any atom is 0.235 e. The average molecular weight is 262 g/mol. The van der Waals surface area contributed by atoms with Crippen LogP contribution in [0.5, 0.6) is 0 Å². The normalized spacial score (nSPS) is 11.5. The lowest BCUT2D eigenvalue weighted by Crippen LogP contribution is -2.21. The fourth-order valence-corrected chi connectivity index (χ4v) is 2.29. The van der Waals surface area contributed by atoms with Crippen molar-refractivity contribution >= 4 is 15.7 Å². The lowest BCUT2D eigenvalue weighted by atomic mass is 10.2. The van der Waals surface area contributed by atoms with Gasteiger partial charge in [0.25, 0.3) is 0 Å². The summed E-state index contributed by atoms with van der Waals surface area (Å²) < 4.78 is 43.5. The Bertz CT molecular complexity index is 476. The number of sulfonamides is 1. The molecule has 1 aromatic rings. The van der Waals surface area contributed by atoms with Gasteiger partial charge in [0.1, 0.15) is 5.82 Å². The monoisotopic (exact) mass is 262 g/mol. The van der Waals surface area contributed by atoms with Crippen molar-refractivity contribution in [2.75, 3.05) is 24.2 Å². The topological polar surface area (TPSA) is 81.4 Å². The molecule has 0 atom stereocenters. The van der Waals surface area contributed by atoms with Gasteiger partial charge in [-0.2, -0.15) is 0 Å². The van der Waals surface area contributed by atoms with Gasteiger partial charge in [-0.15, -0.1) is 0 Å². The molecule has 0 saturated heterocycles. The van der Waals surface area contributed by atoms with Crippen molar-refractivity contribution in [2.45, 2.75) is 6.54 Å². The van der Waals surface area contributed by atoms with E-state index in [4.69, 9.17) is 5.73 Å². The Hall–Kier alpha value is -1.18. The molecule has 3 N–H and O–H groups in total. The van der Waals surface area contributed by atoms with E-state index in [9.17, 15) is 12.8 Å². The van der Waals surface area contributed by atoms with Crippen molar-refractivity contribution in [1.82, 2.24) is 0 Å². The first-order chi connectivity index (χ1) is 8.00. The second-order valence-corrected chi connectivity index (χ2v) is 5.23. The van der Waals surface area contributed by atoms with Crippen LogP contribution in [0.15, 0.2) is 18.2 Å². The maximum absolute atomic E-state index is 13.3. The van der Waals surface area contributed by atoms with Crippen LogP contribution in [0.3, 0.4) is 0 Å². The Labute approximate surface area is 99.8 Å². The van der Waals surface area contributed by atoms with Gasteiger partial charge in [-0.1, -0.05) is 6.07 Å². The summed E-state index contributed by atoms with van der Waals surface area (Å²) >= 11 is 0. The van der Waals surface area contributed by atoms with E-state index >= 15 is 0 Å². The van der Waals surface area contributed by atoms with Crippen LogP contribution in [0.2, 0.25) is 0 Å². The summed E-state index contributed by atoms with van der Waals surface area (Å²) in [5.41, 5.74) is 5.69. The molecule has 0 aliphatic rings. The van der Waals surface area contributed by atoms with Gasteiger partial charge in [-0.25, -0.2) is 12.8 Å². The number of halogens is 1. The first kappa shape index (κ1) is 13.9. The number of anilines is 1. The molecule has 0 bridgehead atoms. The van der Waals surface area contributed by atoms with Gasteiger partial charge < -0.3 is 10.5 Å². The number of rotatable bonds is 6. The van der Waals surface area contributed by atoms with Crippen molar-refractivity contribution in [3.63, 3.8) is 0 Å². The predicted octanol–water partition coefficient (Wildman–Crippen LogP) is 0.672. The molecule has 0 radical (unpaired) electrons. The van der Waals surface area contributed by atoms with Gasteiger partial charge >= 0.3 is 0 Å². The molecule has 0 unspecified atom stereocenters. The fourth-order valence-electron chi connectivity index (χ4n) is 1.27. The standard InChI is InChI=1S/C10H15FN2O3S/c1-16-5-6-17(14,15)13-10-4-2-3-9(11)8(10)7-12/h2-4,13H,5-7,12H2,1H3.